The summed E-state index contributed by atoms with van der Waals surface area (Å²) in [7, 11) is 3.20. The van der Waals surface area contributed by atoms with Crippen LogP contribution in [0.2, 0.25) is 0 Å². The summed E-state index contributed by atoms with van der Waals surface area (Å²) in [6.07, 6.45) is 8.30. The highest BCUT2D eigenvalue weighted by molar-refractivity contribution is 5.94. The van der Waals surface area contributed by atoms with Gasteiger partial charge in [-0.05, 0) is 42.9 Å². The van der Waals surface area contributed by atoms with Crippen LogP contribution in [0.25, 0.3) is 11.3 Å². The maximum Gasteiger partial charge on any atom is 0.272 e. The zero-order valence-electron chi connectivity index (χ0n) is 24.8. The summed E-state index contributed by atoms with van der Waals surface area (Å²) in [4.78, 5) is 37.9. The molecule has 1 aliphatic rings. The summed E-state index contributed by atoms with van der Waals surface area (Å²) in [5.41, 5.74) is 1.73. The predicted octanol–water partition coefficient (Wildman–Crippen LogP) is 5.17. The molecule has 1 aromatic carbocycles. The molecule has 1 atom stereocenters. The number of aromatic nitrogens is 2. The zero-order valence-corrected chi connectivity index (χ0v) is 24.8. The summed E-state index contributed by atoms with van der Waals surface area (Å²) in [6, 6.07) is 6.97. The molecule has 2 amide bonds. The van der Waals surface area contributed by atoms with Crippen LogP contribution in [0.5, 0.6) is 11.5 Å². The Morgan fingerprint density at radius 1 is 1.07 bits per heavy atom. The Bertz CT molecular complexity index is 1110. The molecule has 1 aliphatic carbocycles. The average Bonchev–Trinajstić information content (AvgIpc) is 3.37. The first-order valence-electron chi connectivity index (χ1n) is 14.6. The molecule has 0 radical (unpaired) electrons. The van der Waals surface area contributed by atoms with Crippen LogP contribution in [0.4, 0.5) is 0 Å². The van der Waals surface area contributed by atoms with Gasteiger partial charge >= 0.3 is 0 Å². The lowest BCUT2D eigenvalue weighted by molar-refractivity contribution is -0.125. The quantitative estimate of drug-likeness (QED) is 0.314. The molecule has 2 N–H and O–H groups in total. The first-order chi connectivity index (χ1) is 19.2. The number of amides is 2. The van der Waals surface area contributed by atoms with Gasteiger partial charge in [-0.2, -0.15) is 5.10 Å². The number of carbonyl (C=O) groups is 3. The van der Waals surface area contributed by atoms with Gasteiger partial charge in [-0.15, -0.1) is 0 Å². The number of nitrogens with one attached hydrogen (secondary N) is 2. The highest BCUT2D eigenvalue weighted by Gasteiger charge is 2.25. The maximum atomic E-state index is 13.6. The molecule has 9 nitrogen and oxygen atoms in total. The van der Waals surface area contributed by atoms with Crippen LogP contribution in [-0.2, 0) is 16.1 Å². The highest BCUT2D eigenvalue weighted by atomic mass is 16.5. The van der Waals surface area contributed by atoms with Crippen molar-refractivity contribution in [3.63, 3.8) is 0 Å². The van der Waals surface area contributed by atoms with Crippen molar-refractivity contribution in [2.24, 2.45) is 11.8 Å². The van der Waals surface area contributed by atoms with Gasteiger partial charge in [-0.1, -0.05) is 58.9 Å². The van der Waals surface area contributed by atoms with Gasteiger partial charge in [0.1, 0.15) is 11.5 Å². The van der Waals surface area contributed by atoms with E-state index in [4.69, 9.17) is 9.47 Å². The molecule has 0 aliphatic heterocycles. The Labute approximate surface area is 238 Å². The molecule has 1 unspecified atom stereocenters. The first kappa shape index (κ1) is 31.2. The lowest BCUT2D eigenvalue weighted by Crippen LogP contribution is -2.40. The van der Waals surface area contributed by atoms with Gasteiger partial charge < -0.3 is 20.1 Å². The maximum absolute atomic E-state index is 13.6. The second-order valence-electron chi connectivity index (χ2n) is 11.2. The van der Waals surface area contributed by atoms with Gasteiger partial charge in [0.25, 0.3) is 5.91 Å². The van der Waals surface area contributed by atoms with Crippen molar-refractivity contribution in [3.8, 4) is 22.8 Å². The number of methoxy groups -OCH3 is 2. The van der Waals surface area contributed by atoms with Gasteiger partial charge in [-0.3, -0.25) is 19.1 Å². The van der Waals surface area contributed by atoms with E-state index in [2.05, 4.69) is 29.6 Å². The molecule has 9 heteroatoms. The summed E-state index contributed by atoms with van der Waals surface area (Å²) in [5.74, 6) is 1.57. The topological polar surface area (TPSA) is 112 Å². The molecule has 1 heterocycles. The van der Waals surface area contributed by atoms with E-state index in [9.17, 15) is 14.4 Å². The lowest BCUT2D eigenvalue weighted by Gasteiger charge is -2.24. The average molecular weight is 555 g/mol. The first-order valence-corrected chi connectivity index (χ1v) is 14.6. The molecule has 1 fully saturated rings. The Balaban J connectivity index is 1.84. The van der Waals surface area contributed by atoms with Crippen molar-refractivity contribution >= 4 is 17.6 Å². The molecule has 3 rings (SSSR count). The summed E-state index contributed by atoms with van der Waals surface area (Å²) >= 11 is 0. The van der Waals surface area contributed by atoms with E-state index in [1.807, 2.05) is 22.9 Å². The van der Waals surface area contributed by atoms with Crippen molar-refractivity contribution in [1.82, 2.24) is 20.4 Å². The number of ether oxygens (including phenoxy) is 2. The largest absolute Gasteiger partial charge is 0.496 e. The van der Waals surface area contributed by atoms with E-state index in [0.29, 0.717) is 36.8 Å². The van der Waals surface area contributed by atoms with E-state index in [-0.39, 0.29) is 48.2 Å². The normalized spacial score (nSPS) is 14.6. The molecular formula is C31H46N4O5. The number of nitrogens with zero attached hydrogens (tertiary/aromatic N) is 2. The zero-order chi connectivity index (χ0) is 29.1. The molecule has 220 valence electrons. The van der Waals surface area contributed by atoms with Crippen LogP contribution in [0.15, 0.2) is 24.3 Å². The van der Waals surface area contributed by atoms with Crippen molar-refractivity contribution in [2.45, 2.75) is 91.1 Å². The SMILES string of the molecule is CCC(=O)CNC(=O)CC(CCC1CCCCC1)NC(=O)c1cc(-c2c(OC)cccc2OC)n(CC(C)C)n1. The van der Waals surface area contributed by atoms with Gasteiger partial charge in [0.15, 0.2) is 11.5 Å². The van der Waals surface area contributed by atoms with E-state index in [1.165, 1.54) is 32.1 Å². The highest BCUT2D eigenvalue weighted by Crippen LogP contribution is 2.39. The minimum absolute atomic E-state index is 0.0162. The van der Waals surface area contributed by atoms with Crippen LogP contribution >= 0.6 is 0 Å². The third-order valence-corrected chi connectivity index (χ3v) is 7.53. The minimum atomic E-state index is -0.356. The van der Waals surface area contributed by atoms with Crippen molar-refractivity contribution in [2.75, 3.05) is 20.8 Å². The number of hydrogen-bond acceptors (Lipinski definition) is 6. The monoisotopic (exact) mass is 554 g/mol. The van der Waals surface area contributed by atoms with Crippen LogP contribution in [0.1, 0.15) is 89.0 Å². The fraction of sp³-hybridized carbons (Fsp3) is 0.613. The molecule has 0 spiro atoms. The third kappa shape index (κ3) is 8.83. The summed E-state index contributed by atoms with van der Waals surface area (Å²) in [5, 5.41) is 10.5. The standard InChI is InChI=1S/C31H46N4O5/c1-6-24(36)19-32-29(37)17-23(16-15-22-11-8-7-9-12-22)33-31(38)25-18-26(35(34-25)20-21(2)3)30-27(39-4)13-10-14-28(30)40-5/h10,13-14,18,21-23H,6-9,11-12,15-17,19-20H2,1-5H3,(H,32,37)(H,33,38). The van der Waals surface area contributed by atoms with E-state index in [1.54, 1.807) is 27.2 Å². The van der Waals surface area contributed by atoms with E-state index >= 15 is 0 Å². The smallest absolute Gasteiger partial charge is 0.272 e. The van der Waals surface area contributed by atoms with Gasteiger partial charge in [0.05, 0.1) is 32.0 Å². The third-order valence-electron chi connectivity index (χ3n) is 7.53. The van der Waals surface area contributed by atoms with Crippen LogP contribution in [0.3, 0.4) is 0 Å². The number of Topliss-reactive ketones (excluding diaryl/α,β-unsaturated/α-hetero) is 1. The van der Waals surface area contributed by atoms with Gasteiger partial charge in [-0.25, -0.2) is 0 Å². The number of hydrogen-bond donors (Lipinski definition) is 2. The van der Waals surface area contributed by atoms with Crippen LogP contribution < -0.4 is 20.1 Å². The van der Waals surface area contributed by atoms with Crippen molar-refractivity contribution in [3.05, 3.63) is 30.0 Å². The Hall–Kier alpha value is -3.36. The van der Waals surface area contributed by atoms with Gasteiger partial charge in [0, 0.05) is 25.4 Å². The van der Waals surface area contributed by atoms with Crippen molar-refractivity contribution < 1.29 is 23.9 Å². The Morgan fingerprint density at radius 2 is 1.75 bits per heavy atom. The van der Waals surface area contributed by atoms with Crippen molar-refractivity contribution in [1.29, 1.82) is 0 Å². The molecule has 0 bridgehead atoms. The predicted molar refractivity (Wildman–Crippen MR) is 156 cm³/mol. The second kappa shape index (κ2) is 15.4. The van der Waals surface area contributed by atoms with E-state index < -0.39 is 0 Å². The van der Waals surface area contributed by atoms with Crippen LogP contribution in [0, 0.1) is 11.8 Å². The Kier molecular flexibility index (Phi) is 12.0. The van der Waals surface area contributed by atoms with Gasteiger partial charge in [0.2, 0.25) is 5.91 Å². The Morgan fingerprint density at radius 3 is 2.35 bits per heavy atom. The molecule has 0 saturated heterocycles. The minimum Gasteiger partial charge on any atom is -0.496 e. The molecule has 40 heavy (non-hydrogen) atoms. The summed E-state index contributed by atoms with van der Waals surface area (Å²) < 4.78 is 13.1. The fourth-order valence-electron chi connectivity index (χ4n) is 5.33. The number of carbonyl (C=O) groups excluding carboxylic acids is 3. The molecular weight excluding hydrogens is 508 g/mol. The molecule has 1 saturated carbocycles. The number of rotatable bonds is 15. The van der Waals surface area contributed by atoms with Crippen LogP contribution in [-0.4, -0.2) is 54.2 Å². The molecule has 1 aromatic heterocycles. The lowest BCUT2D eigenvalue weighted by atomic mass is 9.85. The fourth-order valence-corrected chi connectivity index (χ4v) is 5.33. The summed E-state index contributed by atoms with van der Waals surface area (Å²) in [6.45, 7) is 6.57. The number of ketones is 1. The van der Waals surface area contributed by atoms with E-state index in [0.717, 1.165) is 17.7 Å². The second-order valence-corrected chi connectivity index (χ2v) is 11.2. The molecule has 2 aromatic rings. The number of benzene rings is 1.